The maximum atomic E-state index is 12.1. The molecule has 1 aliphatic heterocycles. The number of carbonyl (C=O) groups is 1. The van der Waals surface area contributed by atoms with Crippen molar-refractivity contribution in [2.45, 2.75) is 58.5 Å². The minimum absolute atomic E-state index is 0.0522. The van der Waals surface area contributed by atoms with Gasteiger partial charge in [0, 0.05) is 5.69 Å². The molecular weight excluding hydrogens is 248 g/mol. The highest BCUT2D eigenvalue weighted by molar-refractivity contribution is 6.01. The van der Waals surface area contributed by atoms with Gasteiger partial charge in [0.2, 0.25) is 0 Å². The first-order chi connectivity index (χ1) is 9.76. The molecule has 0 fully saturated rings. The normalized spacial score (nSPS) is 18.9. The molecule has 2 atom stereocenters. The molecule has 0 aromatic heterocycles. The van der Waals surface area contributed by atoms with E-state index in [-0.39, 0.29) is 12.1 Å². The van der Waals surface area contributed by atoms with E-state index < -0.39 is 0 Å². The summed E-state index contributed by atoms with van der Waals surface area (Å²) in [6.07, 6.45) is 7.46. The smallest absolute Gasteiger partial charge is 0.254 e. The molecule has 0 spiro atoms. The Balaban J connectivity index is 1.97. The van der Waals surface area contributed by atoms with Crippen LogP contribution in [0.2, 0.25) is 0 Å². The van der Waals surface area contributed by atoms with Crippen LogP contribution >= 0.6 is 0 Å². The number of benzene rings is 1. The van der Waals surface area contributed by atoms with Gasteiger partial charge in [-0.05, 0) is 30.9 Å². The molecule has 0 bridgehead atoms. The van der Waals surface area contributed by atoms with E-state index in [1.54, 1.807) is 0 Å². The molecule has 1 aliphatic rings. The zero-order chi connectivity index (χ0) is 14.4. The number of rotatable bonds is 7. The highest BCUT2D eigenvalue weighted by atomic mass is 16.2. The third-order valence-corrected chi connectivity index (χ3v) is 4.19. The summed E-state index contributed by atoms with van der Waals surface area (Å²) in [6, 6.07) is 7.74. The van der Waals surface area contributed by atoms with Gasteiger partial charge in [-0.2, -0.15) is 0 Å². The molecule has 3 heteroatoms. The van der Waals surface area contributed by atoms with Crippen molar-refractivity contribution >= 4 is 11.6 Å². The number of hydrogen-bond acceptors (Lipinski definition) is 2. The molecule has 0 saturated heterocycles. The van der Waals surface area contributed by atoms with Crippen LogP contribution in [0.5, 0.6) is 0 Å². The van der Waals surface area contributed by atoms with Gasteiger partial charge < -0.3 is 10.6 Å². The van der Waals surface area contributed by atoms with E-state index in [0.717, 1.165) is 17.7 Å². The number of unbranched alkanes of at least 4 members (excludes halogenated alkanes) is 3. The second kappa shape index (κ2) is 7.32. The van der Waals surface area contributed by atoms with Gasteiger partial charge in [-0.25, -0.2) is 0 Å². The standard InChI is InChI=1S/C17H26N2O/c1-3-5-6-7-10-13(4-2)16-18-15-12-9-8-11-14(15)17(20)19-16/h8-9,11-13,16,18H,3-7,10H2,1-2H3,(H,19,20)/t13-,16+/m1/s1. The first-order valence-corrected chi connectivity index (χ1v) is 7.92. The highest BCUT2D eigenvalue weighted by Crippen LogP contribution is 2.26. The molecular formula is C17H26N2O. The van der Waals surface area contributed by atoms with E-state index >= 15 is 0 Å². The average molecular weight is 274 g/mol. The zero-order valence-electron chi connectivity index (χ0n) is 12.6. The van der Waals surface area contributed by atoms with E-state index in [1.807, 2.05) is 24.3 Å². The van der Waals surface area contributed by atoms with Crippen LogP contribution in [0, 0.1) is 5.92 Å². The molecule has 2 N–H and O–H groups in total. The molecule has 110 valence electrons. The maximum absolute atomic E-state index is 12.1. The molecule has 0 saturated carbocycles. The van der Waals surface area contributed by atoms with Crippen molar-refractivity contribution in [3.8, 4) is 0 Å². The summed E-state index contributed by atoms with van der Waals surface area (Å²) < 4.78 is 0. The Morgan fingerprint density at radius 2 is 1.90 bits per heavy atom. The summed E-state index contributed by atoms with van der Waals surface area (Å²) in [4.78, 5) is 12.1. The van der Waals surface area contributed by atoms with Crippen molar-refractivity contribution in [1.29, 1.82) is 0 Å². The van der Waals surface area contributed by atoms with Crippen LogP contribution < -0.4 is 10.6 Å². The van der Waals surface area contributed by atoms with E-state index in [1.165, 1.54) is 32.1 Å². The van der Waals surface area contributed by atoms with E-state index in [0.29, 0.717) is 5.92 Å². The van der Waals surface area contributed by atoms with Gasteiger partial charge in [-0.15, -0.1) is 0 Å². The van der Waals surface area contributed by atoms with Crippen LogP contribution in [-0.4, -0.2) is 12.1 Å². The zero-order valence-corrected chi connectivity index (χ0v) is 12.6. The van der Waals surface area contributed by atoms with Crippen molar-refractivity contribution in [3.63, 3.8) is 0 Å². The van der Waals surface area contributed by atoms with Crippen LogP contribution in [0.15, 0.2) is 24.3 Å². The van der Waals surface area contributed by atoms with Crippen molar-refractivity contribution < 1.29 is 4.79 Å². The Labute approximate surface area is 122 Å². The van der Waals surface area contributed by atoms with E-state index in [9.17, 15) is 4.79 Å². The van der Waals surface area contributed by atoms with E-state index in [2.05, 4.69) is 24.5 Å². The summed E-state index contributed by atoms with van der Waals surface area (Å²) in [5, 5.41) is 6.60. The lowest BCUT2D eigenvalue weighted by atomic mass is 9.93. The largest absolute Gasteiger partial charge is 0.364 e. The summed E-state index contributed by atoms with van der Waals surface area (Å²) in [6.45, 7) is 4.44. The number of carbonyl (C=O) groups excluding carboxylic acids is 1. The summed E-state index contributed by atoms with van der Waals surface area (Å²) >= 11 is 0. The molecule has 20 heavy (non-hydrogen) atoms. The third-order valence-electron chi connectivity index (χ3n) is 4.19. The lowest BCUT2D eigenvalue weighted by Crippen LogP contribution is -2.49. The predicted octanol–water partition coefficient (Wildman–Crippen LogP) is 4.16. The molecule has 0 unspecified atom stereocenters. The minimum Gasteiger partial charge on any atom is -0.364 e. The van der Waals surface area contributed by atoms with Crippen molar-refractivity contribution in [3.05, 3.63) is 29.8 Å². The second-order valence-electron chi connectivity index (χ2n) is 5.66. The fraction of sp³-hybridized carbons (Fsp3) is 0.588. The minimum atomic E-state index is 0.0522. The Kier molecular flexibility index (Phi) is 5.45. The van der Waals surface area contributed by atoms with Gasteiger partial charge in [-0.1, -0.05) is 51.7 Å². The average Bonchev–Trinajstić information content (AvgIpc) is 2.47. The highest BCUT2D eigenvalue weighted by Gasteiger charge is 2.27. The van der Waals surface area contributed by atoms with Crippen LogP contribution in [0.1, 0.15) is 62.7 Å². The quantitative estimate of drug-likeness (QED) is 0.733. The number of anilines is 1. The lowest BCUT2D eigenvalue weighted by molar-refractivity contribution is 0.0919. The molecule has 0 radical (unpaired) electrons. The number of amides is 1. The Bertz CT molecular complexity index is 444. The van der Waals surface area contributed by atoms with Gasteiger partial charge in [0.1, 0.15) is 6.17 Å². The third kappa shape index (κ3) is 3.53. The fourth-order valence-electron chi connectivity index (χ4n) is 2.91. The Morgan fingerprint density at radius 1 is 1.10 bits per heavy atom. The topological polar surface area (TPSA) is 41.1 Å². The molecule has 1 aromatic carbocycles. The van der Waals surface area contributed by atoms with Crippen LogP contribution in [-0.2, 0) is 0 Å². The van der Waals surface area contributed by atoms with Crippen molar-refractivity contribution in [2.24, 2.45) is 5.92 Å². The number of fused-ring (bicyclic) bond motifs is 1. The molecule has 1 aromatic rings. The predicted molar refractivity (Wildman–Crippen MR) is 83.9 cm³/mol. The monoisotopic (exact) mass is 274 g/mol. The SMILES string of the molecule is CCCCCC[C@@H](CC)[C@@H]1NC(=O)c2ccccc2N1. The van der Waals surface area contributed by atoms with Crippen LogP contribution in [0.3, 0.4) is 0 Å². The molecule has 1 heterocycles. The number of hydrogen-bond donors (Lipinski definition) is 2. The summed E-state index contributed by atoms with van der Waals surface area (Å²) in [7, 11) is 0. The van der Waals surface area contributed by atoms with E-state index in [4.69, 9.17) is 0 Å². The Morgan fingerprint density at radius 3 is 2.65 bits per heavy atom. The summed E-state index contributed by atoms with van der Waals surface area (Å²) in [5.41, 5.74) is 1.72. The van der Waals surface area contributed by atoms with Gasteiger partial charge in [0.05, 0.1) is 5.56 Å². The van der Waals surface area contributed by atoms with Crippen LogP contribution in [0.4, 0.5) is 5.69 Å². The molecule has 1 amide bonds. The fourth-order valence-corrected chi connectivity index (χ4v) is 2.91. The second-order valence-corrected chi connectivity index (χ2v) is 5.66. The van der Waals surface area contributed by atoms with Gasteiger partial charge >= 0.3 is 0 Å². The summed E-state index contributed by atoms with van der Waals surface area (Å²) in [5.74, 6) is 0.556. The first-order valence-electron chi connectivity index (χ1n) is 7.92. The number of nitrogens with one attached hydrogen (secondary N) is 2. The van der Waals surface area contributed by atoms with Crippen molar-refractivity contribution in [2.75, 3.05) is 5.32 Å². The lowest BCUT2D eigenvalue weighted by Gasteiger charge is -2.33. The van der Waals surface area contributed by atoms with Gasteiger partial charge in [-0.3, -0.25) is 4.79 Å². The maximum Gasteiger partial charge on any atom is 0.254 e. The van der Waals surface area contributed by atoms with Crippen LogP contribution in [0.25, 0.3) is 0 Å². The number of para-hydroxylation sites is 1. The Hall–Kier alpha value is -1.51. The first kappa shape index (κ1) is 14.9. The molecule has 3 nitrogen and oxygen atoms in total. The molecule has 2 rings (SSSR count). The van der Waals surface area contributed by atoms with Crippen molar-refractivity contribution in [1.82, 2.24) is 5.32 Å². The van der Waals surface area contributed by atoms with Gasteiger partial charge in [0.15, 0.2) is 0 Å². The molecule has 0 aliphatic carbocycles. The van der Waals surface area contributed by atoms with Gasteiger partial charge in [0.25, 0.3) is 5.91 Å².